The zero-order valence-corrected chi connectivity index (χ0v) is 14.7. The molecule has 1 amide bonds. The number of carbonyl (C=O) groups is 1. The summed E-state index contributed by atoms with van der Waals surface area (Å²) in [6.45, 7) is 7.85. The normalized spacial score (nSPS) is 11.1. The zero-order valence-electron chi connectivity index (χ0n) is 14.7. The maximum atomic E-state index is 11.5. The van der Waals surface area contributed by atoms with E-state index in [4.69, 9.17) is 10.5 Å². The van der Waals surface area contributed by atoms with Crippen molar-refractivity contribution in [1.29, 1.82) is 0 Å². The van der Waals surface area contributed by atoms with Gasteiger partial charge in [0, 0.05) is 11.3 Å². The first-order valence-electron chi connectivity index (χ1n) is 8.04. The Hall–Kier alpha value is -3.09. The number of amides is 1. The fraction of sp³-hybridized carbons (Fsp3) is 0.278. The van der Waals surface area contributed by atoms with Gasteiger partial charge in [0.05, 0.1) is 17.2 Å². The largest absolute Gasteiger partial charge is 0.489 e. The molecule has 0 radical (unpaired) electrons. The van der Waals surface area contributed by atoms with Crippen LogP contribution < -0.4 is 15.8 Å². The van der Waals surface area contributed by atoms with Crippen LogP contribution in [0, 0.1) is 13.8 Å². The number of H-pyrrole nitrogens is 1. The number of aromatic nitrogens is 3. The molecule has 0 bridgehead atoms. The Labute approximate surface area is 145 Å². The number of primary amides is 1. The van der Waals surface area contributed by atoms with E-state index < -0.39 is 5.91 Å². The molecule has 0 unspecified atom stereocenters. The van der Waals surface area contributed by atoms with Gasteiger partial charge in [0.2, 0.25) is 5.91 Å². The molecule has 0 saturated heterocycles. The Morgan fingerprint density at radius 1 is 1.28 bits per heavy atom. The molecule has 3 aromatic rings. The van der Waals surface area contributed by atoms with E-state index in [-0.39, 0.29) is 6.10 Å². The van der Waals surface area contributed by atoms with Gasteiger partial charge in [-0.1, -0.05) is 0 Å². The van der Waals surface area contributed by atoms with Crippen LogP contribution in [0.2, 0.25) is 0 Å². The van der Waals surface area contributed by atoms with Crippen LogP contribution in [0.1, 0.15) is 35.5 Å². The highest BCUT2D eigenvalue weighted by atomic mass is 16.5. The minimum Gasteiger partial charge on any atom is -0.489 e. The zero-order chi connectivity index (χ0) is 18.1. The molecule has 130 valence electrons. The number of anilines is 2. The van der Waals surface area contributed by atoms with E-state index >= 15 is 0 Å². The van der Waals surface area contributed by atoms with Crippen molar-refractivity contribution in [2.45, 2.75) is 33.8 Å². The van der Waals surface area contributed by atoms with Crippen LogP contribution in [0.15, 0.2) is 24.5 Å². The average molecular weight is 339 g/mol. The Morgan fingerprint density at radius 3 is 2.72 bits per heavy atom. The number of nitrogens with zero attached hydrogens (tertiary/aromatic N) is 2. The quantitative estimate of drug-likeness (QED) is 0.662. The van der Waals surface area contributed by atoms with E-state index in [1.807, 2.05) is 27.7 Å². The van der Waals surface area contributed by atoms with Crippen LogP contribution in [0.3, 0.4) is 0 Å². The predicted octanol–water partition coefficient (Wildman–Crippen LogP) is 3.20. The van der Waals surface area contributed by atoms with E-state index in [1.54, 1.807) is 18.2 Å². The molecule has 0 aliphatic heterocycles. The summed E-state index contributed by atoms with van der Waals surface area (Å²) in [5.41, 5.74) is 9.37. The third-order valence-electron chi connectivity index (χ3n) is 3.97. The topological polar surface area (TPSA) is 106 Å². The van der Waals surface area contributed by atoms with Gasteiger partial charge in [0.15, 0.2) is 0 Å². The summed E-state index contributed by atoms with van der Waals surface area (Å²) < 4.78 is 5.83. The number of ether oxygens (including phenoxy) is 1. The Balaban J connectivity index is 2.07. The van der Waals surface area contributed by atoms with Crippen LogP contribution in [-0.4, -0.2) is 27.0 Å². The van der Waals surface area contributed by atoms with E-state index in [9.17, 15) is 4.79 Å². The maximum Gasteiger partial charge on any atom is 0.248 e. The lowest BCUT2D eigenvalue weighted by atomic mass is 10.1. The Morgan fingerprint density at radius 2 is 2.04 bits per heavy atom. The summed E-state index contributed by atoms with van der Waals surface area (Å²) in [7, 11) is 0. The van der Waals surface area contributed by atoms with Crippen molar-refractivity contribution < 1.29 is 9.53 Å². The van der Waals surface area contributed by atoms with Crippen LogP contribution in [-0.2, 0) is 0 Å². The lowest BCUT2D eigenvalue weighted by Crippen LogP contribution is -2.13. The molecule has 4 N–H and O–H groups in total. The number of aryl methyl sites for hydroxylation is 2. The van der Waals surface area contributed by atoms with Gasteiger partial charge in [-0.05, 0) is 51.5 Å². The molecule has 25 heavy (non-hydrogen) atoms. The van der Waals surface area contributed by atoms with Crippen LogP contribution in [0.4, 0.5) is 11.5 Å². The summed E-state index contributed by atoms with van der Waals surface area (Å²) in [4.78, 5) is 23.3. The van der Waals surface area contributed by atoms with Crippen molar-refractivity contribution in [2.75, 3.05) is 5.32 Å². The summed E-state index contributed by atoms with van der Waals surface area (Å²) in [6, 6.07) is 5.06. The van der Waals surface area contributed by atoms with Gasteiger partial charge < -0.3 is 20.8 Å². The SMILES string of the molecule is Cc1[nH]c2ncnc(Nc3ccc(C(N)=O)cc3OC(C)C)c2c1C. The molecule has 2 aromatic heterocycles. The summed E-state index contributed by atoms with van der Waals surface area (Å²) in [6.07, 6.45) is 1.45. The number of aromatic amines is 1. The number of rotatable bonds is 5. The molecule has 0 saturated carbocycles. The summed E-state index contributed by atoms with van der Waals surface area (Å²) in [5, 5.41) is 4.22. The standard InChI is InChI=1S/C18H21N5O2/c1-9(2)25-14-7-12(16(19)24)5-6-13(14)23-18-15-10(3)11(4)22-17(15)20-8-21-18/h5-9H,1-4H3,(H2,19,24)(H2,20,21,22,23). The van der Waals surface area contributed by atoms with Gasteiger partial charge in [-0.3, -0.25) is 4.79 Å². The fourth-order valence-electron chi connectivity index (χ4n) is 2.65. The van der Waals surface area contributed by atoms with Crippen molar-refractivity contribution in [3.05, 3.63) is 41.3 Å². The van der Waals surface area contributed by atoms with Crippen LogP contribution >= 0.6 is 0 Å². The predicted molar refractivity (Wildman–Crippen MR) is 97.4 cm³/mol. The number of nitrogens with one attached hydrogen (secondary N) is 2. The number of fused-ring (bicyclic) bond motifs is 1. The molecule has 0 spiro atoms. The minimum absolute atomic E-state index is 0.0506. The third kappa shape index (κ3) is 3.26. The molecule has 0 aliphatic carbocycles. The highest BCUT2D eigenvalue weighted by Gasteiger charge is 2.15. The first-order valence-corrected chi connectivity index (χ1v) is 8.04. The number of hydrogen-bond donors (Lipinski definition) is 3. The summed E-state index contributed by atoms with van der Waals surface area (Å²) >= 11 is 0. The second-order valence-corrected chi connectivity index (χ2v) is 6.19. The van der Waals surface area contributed by atoms with E-state index in [0.717, 1.165) is 22.3 Å². The molecular weight excluding hydrogens is 318 g/mol. The van der Waals surface area contributed by atoms with E-state index in [1.165, 1.54) is 6.33 Å². The van der Waals surface area contributed by atoms with Gasteiger partial charge in [-0.25, -0.2) is 9.97 Å². The first-order chi connectivity index (χ1) is 11.9. The van der Waals surface area contributed by atoms with Crippen molar-refractivity contribution in [2.24, 2.45) is 5.73 Å². The lowest BCUT2D eigenvalue weighted by molar-refractivity contribution is 0.0999. The highest BCUT2D eigenvalue weighted by molar-refractivity contribution is 5.95. The lowest BCUT2D eigenvalue weighted by Gasteiger charge is -2.16. The molecule has 7 nitrogen and oxygen atoms in total. The molecule has 7 heteroatoms. The van der Waals surface area contributed by atoms with E-state index in [2.05, 4.69) is 20.3 Å². The van der Waals surface area contributed by atoms with Gasteiger partial charge in [0.25, 0.3) is 0 Å². The van der Waals surface area contributed by atoms with Crippen molar-refractivity contribution >= 4 is 28.4 Å². The molecule has 0 fully saturated rings. The number of carbonyl (C=O) groups excluding carboxylic acids is 1. The minimum atomic E-state index is -0.498. The number of nitrogens with two attached hydrogens (primary N) is 1. The molecule has 0 atom stereocenters. The van der Waals surface area contributed by atoms with E-state index in [0.29, 0.717) is 22.8 Å². The Bertz CT molecular complexity index is 946. The van der Waals surface area contributed by atoms with Crippen molar-refractivity contribution in [1.82, 2.24) is 15.0 Å². The number of hydrogen-bond acceptors (Lipinski definition) is 5. The van der Waals surface area contributed by atoms with Gasteiger partial charge in [-0.15, -0.1) is 0 Å². The second kappa shape index (κ2) is 6.43. The van der Waals surface area contributed by atoms with Gasteiger partial charge in [0.1, 0.15) is 23.5 Å². The fourth-order valence-corrected chi connectivity index (χ4v) is 2.65. The second-order valence-electron chi connectivity index (χ2n) is 6.19. The van der Waals surface area contributed by atoms with Crippen molar-refractivity contribution in [3.63, 3.8) is 0 Å². The smallest absolute Gasteiger partial charge is 0.248 e. The number of benzene rings is 1. The first kappa shape index (κ1) is 16.8. The molecule has 1 aromatic carbocycles. The average Bonchev–Trinajstić information content (AvgIpc) is 2.84. The Kier molecular flexibility index (Phi) is 4.31. The van der Waals surface area contributed by atoms with Gasteiger partial charge in [-0.2, -0.15) is 0 Å². The monoisotopic (exact) mass is 339 g/mol. The molecule has 3 rings (SSSR count). The van der Waals surface area contributed by atoms with Gasteiger partial charge >= 0.3 is 0 Å². The van der Waals surface area contributed by atoms with Crippen LogP contribution in [0.25, 0.3) is 11.0 Å². The third-order valence-corrected chi connectivity index (χ3v) is 3.97. The van der Waals surface area contributed by atoms with Crippen LogP contribution in [0.5, 0.6) is 5.75 Å². The molecular formula is C18H21N5O2. The maximum absolute atomic E-state index is 11.5. The summed E-state index contributed by atoms with van der Waals surface area (Å²) in [5.74, 6) is 0.719. The molecule has 0 aliphatic rings. The van der Waals surface area contributed by atoms with Crippen molar-refractivity contribution in [3.8, 4) is 5.75 Å². The highest BCUT2D eigenvalue weighted by Crippen LogP contribution is 2.33. The molecule has 2 heterocycles.